The number of carbonyl (C=O) groups is 1. The Bertz CT molecular complexity index is 490. The smallest absolute Gasteiger partial charge is 0.174 e. The Morgan fingerprint density at radius 2 is 2.06 bits per heavy atom. The van der Waals surface area contributed by atoms with Gasteiger partial charge in [-0.1, -0.05) is 30.3 Å². The van der Waals surface area contributed by atoms with Crippen molar-refractivity contribution in [1.82, 2.24) is 4.98 Å². The number of carbonyl (C=O) groups excluding carboxylic acids is 1. The summed E-state index contributed by atoms with van der Waals surface area (Å²) < 4.78 is 0. The number of nitrogens with zero attached hydrogens (tertiary/aromatic N) is 1. The van der Waals surface area contributed by atoms with E-state index in [1.54, 1.807) is 6.20 Å². The molecule has 0 unspecified atom stereocenters. The first-order valence-electron chi connectivity index (χ1n) is 5.75. The molecule has 0 aliphatic heterocycles. The molecule has 1 aromatic heterocycles. The summed E-state index contributed by atoms with van der Waals surface area (Å²) in [5, 5.41) is 0.955. The summed E-state index contributed by atoms with van der Waals surface area (Å²) in [5.74, 6) is 0.214. The van der Waals surface area contributed by atoms with Crippen LogP contribution in [-0.2, 0) is 6.42 Å². The molecule has 0 aliphatic rings. The number of hydrogen-bond donors (Lipinski definition) is 0. The monoisotopic (exact) mass is 245 g/mol. The first-order valence-corrected chi connectivity index (χ1v) is 6.57. The zero-order chi connectivity index (χ0) is 12.1. The van der Waals surface area contributed by atoms with Gasteiger partial charge in [-0.25, -0.2) is 4.98 Å². The lowest BCUT2D eigenvalue weighted by Gasteiger charge is -1.99. The predicted molar refractivity (Wildman–Crippen MR) is 70.6 cm³/mol. The summed E-state index contributed by atoms with van der Waals surface area (Å²) in [4.78, 5) is 16.7. The second-order valence-corrected chi connectivity index (χ2v) is 5.24. The molecule has 1 heterocycles. The lowest BCUT2D eigenvalue weighted by molar-refractivity contribution is 0.0984. The van der Waals surface area contributed by atoms with Crippen LogP contribution >= 0.6 is 11.3 Å². The largest absolute Gasteiger partial charge is 0.293 e. The molecule has 0 spiro atoms. The normalized spacial score (nSPS) is 10.4. The molecule has 0 saturated carbocycles. The molecule has 0 aliphatic carbocycles. The number of rotatable bonds is 5. The number of benzene rings is 1. The number of Topliss-reactive ketones (excluding diaryl/α,β-unsaturated/α-hetero) is 1. The maximum atomic E-state index is 11.8. The summed E-state index contributed by atoms with van der Waals surface area (Å²) in [6.45, 7) is 1.92. The number of aryl methyl sites for hydroxylation is 2. The summed E-state index contributed by atoms with van der Waals surface area (Å²) in [5.41, 5.74) is 1.29. The maximum absolute atomic E-state index is 11.8. The van der Waals surface area contributed by atoms with Crippen molar-refractivity contribution in [3.63, 3.8) is 0 Å². The van der Waals surface area contributed by atoms with Gasteiger partial charge in [0, 0.05) is 12.6 Å². The van der Waals surface area contributed by atoms with E-state index in [0.717, 1.165) is 22.7 Å². The van der Waals surface area contributed by atoms with Gasteiger partial charge in [-0.2, -0.15) is 0 Å². The Balaban J connectivity index is 1.81. The van der Waals surface area contributed by atoms with Gasteiger partial charge in [0.05, 0.1) is 9.88 Å². The molecule has 2 nitrogen and oxygen atoms in total. The molecule has 88 valence electrons. The average molecular weight is 245 g/mol. The van der Waals surface area contributed by atoms with Crippen LogP contribution < -0.4 is 0 Å². The summed E-state index contributed by atoms with van der Waals surface area (Å²) in [7, 11) is 0. The van der Waals surface area contributed by atoms with Gasteiger partial charge in [-0.15, -0.1) is 11.3 Å². The number of aromatic nitrogens is 1. The van der Waals surface area contributed by atoms with E-state index in [0.29, 0.717) is 6.42 Å². The quantitative estimate of drug-likeness (QED) is 0.752. The fourth-order valence-corrected chi connectivity index (χ4v) is 2.46. The minimum absolute atomic E-state index is 0.214. The second-order valence-electron chi connectivity index (χ2n) is 4.01. The van der Waals surface area contributed by atoms with Crippen molar-refractivity contribution in [2.24, 2.45) is 0 Å². The molecular weight excluding hydrogens is 230 g/mol. The molecule has 0 atom stereocenters. The van der Waals surface area contributed by atoms with Crippen LogP contribution in [0.1, 0.15) is 33.1 Å². The number of ketones is 1. The van der Waals surface area contributed by atoms with E-state index in [-0.39, 0.29) is 5.78 Å². The Kier molecular flexibility index (Phi) is 4.04. The van der Waals surface area contributed by atoms with Gasteiger partial charge in [-0.3, -0.25) is 4.79 Å². The van der Waals surface area contributed by atoms with Crippen LogP contribution in [0.2, 0.25) is 0 Å². The van der Waals surface area contributed by atoms with Crippen molar-refractivity contribution in [2.45, 2.75) is 26.2 Å². The van der Waals surface area contributed by atoms with E-state index in [1.165, 1.54) is 16.9 Å². The van der Waals surface area contributed by atoms with Crippen molar-refractivity contribution < 1.29 is 4.79 Å². The molecule has 3 heteroatoms. The minimum atomic E-state index is 0.214. The lowest BCUT2D eigenvalue weighted by Crippen LogP contribution is -1.97. The standard InChI is InChI=1S/C14H15NOS/c1-11-15-10-14(17-11)13(16)9-5-8-12-6-3-2-4-7-12/h2-4,6-7,10H,5,8-9H2,1H3. The predicted octanol–water partition coefficient (Wildman–Crippen LogP) is 3.66. The maximum Gasteiger partial charge on any atom is 0.174 e. The van der Waals surface area contributed by atoms with Crippen LogP contribution in [0, 0.1) is 6.92 Å². The summed E-state index contributed by atoms with van der Waals surface area (Å²) in [6, 6.07) is 10.3. The van der Waals surface area contributed by atoms with Crippen LogP contribution in [0.4, 0.5) is 0 Å². The molecule has 0 radical (unpaired) electrons. The molecule has 2 aromatic rings. The zero-order valence-corrected chi connectivity index (χ0v) is 10.7. The van der Waals surface area contributed by atoms with Crippen LogP contribution in [0.25, 0.3) is 0 Å². The second kappa shape index (κ2) is 5.73. The molecule has 0 fully saturated rings. The number of hydrogen-bond acceptors (Lipinski definition) is 3. The third-order valence-electron chi connectivity index (χ3n) is 2.61. The third kappa shape index (κ3) is 3.49. The van der Waals surface area contributed by atoms with Crippen molar-refractivity contribution in [2.75, 3.05) is 0 Å². The van der Waals surface area contributed by atoms with E-state index < -0.39 is 0 Å². The zero-order valence-electron chi connectivity index (χ0n) is 9.85. The van der Waals surface area contributed by atoms with E-state index in [9.17, 15) is 4.79 Å². The number of thiazole rings is 1. The topological polar surface area (TPSA) is 30.0 Å². The molecule has 0 N–H and O–H groups in total. The van der Waals surface area contributed by atoms with E-state index in [2.05, 4.69) is 17.1 Å². The molecule has 17 heavy (non-hydrogen) atoms. The van der Waals surface area contributed by atoms with Crippen molar-refractivity contribution in [3.05, 3.63) is 52.0 Å². The molecular formula is C14H15NOS. The first kappa shape index (κ1) is 12.0. The van der Waals surface area contributed by atoms with Crippen LogP contribution in [0.3, 0.4) is 0 Å². The van der Waals surface area contributed by atoms with Gasteiger partial charge >= 0.3 is 0 Å². The molecule has 1 aromatic carbocycles. The third-order valence-corrected chi connectivity index (χ3v) is 3.56. The van der Waals surface area contributed by atoms with Gasteiger partial charge in [0.15, 0.2) is 5.78 Å². The highest BCUT2D eigenvalue weighted by Crippen LogP contribution is 2.15. The Hall–Kier alpha value is -1.48. The summed E-state index contributed by atoms with van der Waals surface area (Å²) in [6.07, 6.45) is 4.16. The highest BCUT2D eigenvalue weighted by atomic mass is 32.1. The minimum Gasteiger partial charge on any atom is -0.293 e. The molecule has 0 amide bonds. The fraction of sp³-hybridized carbons (Fsp3) is 0.286. The van der Waals surface area contributed by atoms with Gasteiger partial charge in [-0.05, 0) is 25.3 Å². The van der Waals surface area contributed by atoms with Gasteiger partial charge in [0.1, 0.15) is 0 Å². The van der Waals surface area contributed by atoms with Crippen molar-refractivity contribution in [3.8, 4) is 0 Å². The average Bonchev–Trinajstić information content (AvgIpc) is 2.77. The highest BCUT2D eigenvalue weighted by molar-refractivity contribution is 7.13. The fourth-order valence-electron chi connectivity index (χ4n) is 1.71. The highest BCUT2D eigenvalue weighted by Gasteiger charge is 2.08. The van der Waals surface area contributed by atoms with Gasteiger partial charge in [0.25, 0.3) is 0 Å². The molecule has 0 bridgehead atoms. The Morgan fingerprint density at radius 3 is 2.71 bits per heavy atom. The van der Waals surface area contributed by atoms with Crippen molar-refractivity contribution in [1.29, 1.82) is 0 Å². The molecule has 2 rings (SSSR count). The first-order chi connectivity index (χ1) is 8.25. The van der Waals surface area contributed by atoms with Gasteiger partial charge in [0.2, 0.25) is 0 Å². The van der Waals surface area contributed by atoms with Crippen LogP contribution in [0.15, 0.2) is 36.5 Å². The Morgan fingerprint density at radius 1 is 1.29 bits per heavy atom. The van der Waals surface area contributed by atoms with Gasteiger partial charge < -0.3 is 0 Å². The Labute approximate surface area is 105 Å². The van der Waals surface area contributed by atoms with Crippen LogP contribution in [0.5, 0.6) is 0 Å². The molecule has 0 saturated heterocycles. The van der Waals surface area contributed by atoms with E-state index in [4.69, 9.17) is 0 Å². The van der Waals surface area contributed by atoms with Crippen LogP contribution in [-0.4, -0.2) is 10.8 Å². The van der Waals surface area contributed by atoms with Crippen molar-refractivity contribution >= 4 is 17.1 Å². The summed E-state index contributed by atoms with van der Waals surface area (Å²) >= 11 is 1.48. The SMILES string of the molecule is Cc1ncc(C(=O)CCCc2ccccc2)s1. The van der Waals surface area contributed by atoms with E-state index in [1.807, 2.05) is 25.1 Å². The van der Waals surface area contributed by atoms with E-state index >= 15 is 0 Å². The lowest BCUT2D eigenvalue weighted by atomic mass is 10.1.